The first-order valence-electron chi connectivity index (χ1n) is 9.41. The number of nitriles is 1. The Morgan fingerprint density at radius 3 is 2.68 bits per heavy atom. The molecule has 0 fully saturated rings. The molecule has 0 aliphatic rings. The molecule has 0 bridgehead atoms. The molecule has 2 aromatic carbocycles. The molecule has 158 valence electrons. The van der Waals surface area contributed by atoms with E-state index in [9.17, 15) is 10.1 Å². The van der Waals surface area contributed by atoms with Gasteiger partial charge < -0.3 is 9.47 Å². The summed E-state index contributed by atoms with van der Waals surface area (Å²) in [5, 5.41) is 14.1. The van der Waals surface area contributed by atoms with Crippen LogP contribution in [-0.4, -0.2) is 24.1 Å². The van der Waals surface area contributed by atoms with Crippen LogP contribution in [0.15, 0.2) is 58.0 Å². The Labute approximate surface area is 193 Å². The Kier molecular flexibility index (Phi) is 7.82. The third-order valence-electron chi connectivity index (χ3n) is 4.37. The first-order valence-corrected chi connectivity index (χ1v) is 11.1. The number of benzene rings is 2. The summed E-state index contributed by atoms with van der Waals surface area (Å²) < 4.78 is 12.2. The van der Waals surface area contributed by atoms with E-state index in [0.29, 0.717) is 34.1 Å². The Morgan fingerprint density at radius 2 is 2.00 bits per heavy atom. The molecule has 1 aromatic heterocycles. The number of hydrogen-bond acceptors (Lipinski definition) is 6. The van der Waals surface area contributed by atoms with Crippen molar-refractivity contribution in [2.75, 3.05) is 18.5 Å². The maximum atomic E-state index is 12.2. The van der Waals surface area contributed by atoms with Crippen LogP contribution in [0.4, 0.5) is 5.13 Å². The maximum absolute atomic E-state index is 12.2. The molecule has 1 N–H and O–H groups in total. The number of ether oxygens (including phenoxy) is 2. The number of amides is 1. The third-order valence-corrected chi connectivity index (χ3v) is 5.68. The van der Waals surface area contributed by atoms with Crippen molar-refractivity contribution in [1.29, 1.82) is 5.26 Å². The van der Waals surface area contributed by atoms with E-state index in [1.165, 1.54) is 28.5 Å². The molecular weight excluding hydrogens is 478 g/mol. The van der Waals surface area contributed by atoms with Crippen molar-refractivity contribution in [2.45, 2.75) is 13.8 Å². The van der Waals surface area contributed by atoms with Gasteiger partial charge >= 0.3 is 0 Å². The van der Waals surface area contributed by atoms with Crippen LogP contribution in [0.5, 0.6) is 11.5 Å². The summed E-state index contributed by atoms with van der Waals surface area (Å²) in [5.41, 5.74) is 3.08. The molecular formula is C23H20BrN3O3S. The van der Waals surface area contributed by atoms with Gasteiger partial charge in [-0.15, -0.1) is 11.3 Å². The second kappa shape index (κ2) is 10.8. The fraction of sp³-hybridized carbons (Fsp3) is 0.174. The fourth-order valence-corrected chi connectivity index (χ4v) is 3.64. The zero-order valence-corrected chi connectivity index (χ0v) is 19.4. The van der Waals surface area contributed by atoms with Crippen LogP contribution >= 0.6 is 27.3 Å². The van der Waals surface area contributed by atoms with Crippen molar-refractivity contribution < 1.29 is 14.3 Å². The minimum atomic E-state index is -0.502. The number of halogens is 1. The summed E-state index contributed by atoms with van der Waals surface area (Å²) in [7, 11) is 0. The highest BCUT2D eigenvalue weighted by Crippen LogP contribution is 2.27. The monoisotopic (exact) mass is 497 g/mol. The molecule has 3 aromatic rings. The Bertz CT molecular complexity index is 1140. The smallest absolute Gasteiger partial charge is 0.268 e. The molecule has 6 nitrogen and oxygen atoms in total. The predicted molar refractivity (Wildman–Crippen MR) is 125 cm³/mol. The number of aryl methyl sites for hydroxylation is 2. The number of nitrogens with zero attached hydrogens (tertiary/aromatic N) is 2. The number of aromatic nitrogens is 1. The first kappa shape index (κ1) is 22.5. The van der Waals surface area contributed by atoms with Crippen molar-refractivity contribution in [2.24, 2.45) is 0 Å². The van der Waals surface area contributed by atoms with E-state index in [-0.39, 0.29) is 5.57 Å². The third kappa shape index (κ3) is 6.41. The summed E-state index contributed by atoms with van der Waals surface area (Å²) in [6.45, 7) is 4.89. The number of anilines is 1. The van der Waals surface area contributed by atoms with Gasteiger partial charge in [0.15, 0.2) is 5.13 Å². The van der Waals surface area contributed by atoms with E-state index in [2.05, 4.69) is 33.2 Å². The summed E-state index contributed by atoms with van der Waals surface area (Å²) in [6, 6.07) is 13.2. The normalized spacial score (nSPS) is 11.0. The second-order valence-corrected chi connectivity index (χ2v) is 8.34. The number of carbonyl (C=O) groups is 1. The molecule has 0 spiro atoms. The molecule has 0 radical (unpaired) electrons. The lowest BCUT2D eigenvalue weighted by Crippen LogP contribution is -2.13. The Hall–Kier alpha value is -3.15. The largest absolute Gasteiger partial charge is 0.490 e. The first-order chi connectivity index (χ1) is 15.0. The molecule has 0 saturated carbocycles. The molecule has 3 rings (SSSR count). The van der Waals surface area contributed by atoms with Gasteiger partial charge in [0.2, 0.25) is 0 Å². The molecule has 0 aliphatic carbocycles. The Balaban J connectivity index is 1.57. The number of rotatable bonds is 8. The Morgan fingerprint density at radius 1 is 1.19 bits per heavy atom. The van der Waals surface area contributed by atoms with E-state index in [1.54, 1.807) is 29.8 Å². The van der Waals surface area contributed by atoms with E-state index in [1.807, 2.05) is 31.2 Å². The molecule has 0 saturated heterocycles. The van der Waals surface area contributed by atoms with Crippen LogP contribution in [0.3, 0.4) is 0 Å². The minimum absolute atomic E-state index is 0.0161. The highest BCUT2D eigenvalue weighted by atomic mass is 79.9. The molecule has 0 unspecified atom stereocenters. The fourth-order valence-electron chi connectivity index (χ4n) is 2.60. The van der Waals surface area contributed by atoms with Gasteiger partial charge in [0.05, 0.1) is 4.47 Å². The van der Waals surface area contributed by atoms with Crippen molar-refractivity contribution in [3.63, 3.8) is 0 Å². The van der Waals surface area contributed by atoms with Gasteiger partial charge in [-0.3, -0.25) is 10.1 Å². The zero-order chi connectivity index (χ0) is 22.2. The van der Waals surface area contributed by atoms with Crippen molar-refractivity contribution in [3.05, 3.63) is 74.7 Å². The topological polar surface area (TPSA) is 84.2 Å². The van der Waals surface area contributed by atoms with Crippen molar-refractivity contribution in [3.8, 4) is 17.6 Å². The van der Waals surface area contributed by atoms with Gasteiger partial charge in [0, 0.05) is 11.6 Å². The van der Waals surface area contributed by atoms with Crippen molar-refractivity contribution in [1.82, 2.24) is 4.98 Å². The van der Waals surface area contributed by atoms with E-state index in [4.69, 9.17) is 9.47 Å². The minimum Gasteiger partial charge on any atom is -0.490 e. The van der Waals surface area contributed by atoms with Gasteiger partial charge in [-0.25, -0.2) is 4.98 Å². The molecule has 1 heterocycles. The van der Waals surface area contributed by atoms with Crippen LogP contribution < -0.4 is 14.8 Å². The lowest BCUT2D eigenvalue weighted by Gasteiger charge is -2.11. The van der Waals surface area contributed by atoms with Gasteiger partial charge in [-0.05, 0) is 76.8 Å². The molecule has 0 aliphatic heterocycles. The average molecular weight is 498 g/mol. The van der Waals surface area contributed by atoms with Gasteiger partial charge in [-0.2, -0.15) is 5.26 Å². The molecule has 31 heavy (non-hydrogen) atoms. The van der Waals surface area contributed by atoms with Crippen LogP contribution in [0.25, 0.3) is 6.08 Å². The molecule has 1 amide bonds. The van der Waals surface area contributed by atoms with Crippen LogP contribution in [0.2, 0.25) is 0 Å². The van der Waals surface area contributed by atoms with Gasteiger partial charge in [0.25, 0.3) is 5.91 Å². The van der Waals surface area contributed by atoms with E-state index >= 15 is 0 Å². The molecule has 8 heteroatoms. The predicted octanol–water partition coefficient (Wildman–Crippen LogP) is 5.53. The molecule has 0 atom stereocenters. The standard InChI is InChI=1S/C23H20BrN3O3S/c1-15-3-5-19(11-16(15)2)29-8-9-30-21-6-4-17(13-20(21)24)12-18(14-25)22(28)27-23-26-7-10-31-23/h3-7,10-13H,8-9H2,1-2H3,(H,26,27,28)/b18-12-. The zero-order valence-electron chi connectivity index (χ0n) is 17.0. The SMILES string of the molecule is Cc1ccc(OCCOc2ccc(/C=C(/C#N)C(=O)Nc3nccs3)cc2Br)cc1C. The lowest BCUT2D eigenvalue weighted by atomic mass is 10.1. The lowest BCUT2D eigenvalue weighted by molar-refractivity contribution is -0.112. The van der Waals surface area contributed by atoms with Crippen LogP contribution in [0.1, 0.15) is 16.7 Å². The highest BCUT2D eigenvalue weighted by Gasteiger charge is 2.11. The van der Waals surface area contributed by atoms with Crippen LogP contribution in [0, 0.1) is 25.2 Å². The van der Waals surface area contributed by atoms with Crippen molar-refractivity contribution >= 4 is 44.4 Å². The van der Waals surface area contributed by atoms with Crippen LogP contribution in [-0.2, 0) is 4.79 Å². The highest BCUT2D eigenvalue weighted by molar-refractivity contribution is 9.10. The number of thiazole rings is 1. The number of carbonyl (C=O) groups excluding carboxylic acids is 1. The van der Waals surface area contributed by atoms with E-state index in [0.717, 1.165) is 5.75 Å². The summed E-state index contributed by atoms with van der Waals surface area (Å²) in [6.07, 6.45) is 3.10. The maximum Gasteiger partial charge on any atom is 0.268 e. The second-order valence-electron chi connectivity index (χ2n) is 6.59. The number of nitrogens with one attached hydrogen (secondary N) is 1. The summed E-state index contributed by atoms with van der Waals surface area (Å²) in [5.74, 6) is 0.954. The average Bonchev–Trinajstić information content (AvgIpc) is 3.26. The number of hydrogen-bond donors (Lipinski definition) is 1. The summed E-state index contributed by atoms with van der Waals surface area (Å²) in [4.78, 5) is 16.2. The van der Waals surface area contributed by atoms with E-state index < -0.39 is 5.91 Å². The van der Waals surface area contributed by atoms with Gasteiger partial charge in [0.1, 0.15) is 36.4 Å². The summed E-state index contributed by atoms with van der Waals surface area (Å²) >= 11 is 4.76. The quantitative estimate of drug-likeness (QED) is 0.251. The van der Waals surface area contributed by atoms with Gasteiger partial charge in [-0.1, -0.05) is 12.1 Å².